The summed E-state index contributed by atoms with van der Waals surface area (Å²) in [5.74, 6) is 0.0224. The molecule has 1 aromatic carbocycles. The maximum Gasteiger partial charge on any atom is 0.232 e. The molecule has 1 aliphatic rings. The summed E-state index contributed by atoms with van der Waals surface area (Å²) in [5, 5.41) is 3.03. The summed E-state index contributed by atoms with van der Waals surface area (Å²) in [5.41, 5.74) is 8.75. The maximum absolute atomic E-state index is 12.6. The van der Waals surface area contributed by atoms with E-state index in [9.17, 15) is 4.79 Å². The summed E-state index contributed by atoms with van der Waals surface area (Å²) >= 11 is 0. The lowest BCUT2D eigenvalue weighted by atomic mass is 9.79. The molecule has 1 aromatic rings. The number of nitrogens with one attached hydrogen (secondary N) is 1. The molecule has 1 fully saturated rings. The average Bonchev–Trinajstić information content (AvgIpc) is 2.49. The van der Waals surface area contributed by atoms with Gasteiger partial charge in [0.25, 0.3) is 0 Å². The predicted molar refractivity (Wildman–Crippen MR) is 88.0 cm³/mol. The predicted octanol–water partition coefficient (Wildman–Crippen LogP) is 2.67. The Kier molecular flexibility index (Phi) is 6.65. The van der Waals surface area contributed by atoms with E-state index in [4.69, 9.17) is 10.5 Å². The number of nitrogens with two attached hydrogens (primary N) is 1. The van der Waals surface area contributed by atoms with Crippen molar-refractivity contribution in [2.45, 2.75) is 33.1 Å². The summed E-state index contributed by atoms with van der Waals surface area (Å²) in [4.78, 5) is 12.6. The SMILES string of the molecule is CCc1cc(NC(=O)C2(CN)CCOCC2)ccc1C.Cl. The quantitative estimate of drug-likeness (QED) is 0.898. The van der Waals surface area contributed by atoms with Crippen molar-refractivity contribution in [2.24, 2.45) is 11.1 Å². The smallest absolute Gasteiger partial charge is 0.232 e. The first-order valence-corrected chi connectivity index (χ1v) is 7.30. The van der Waals surface area contributed by atoms with Gasteiger partial charge in [-0.15, -0.1) is 12.4 Å². The Bertz CT molecular complexity index is 485. The molecule has 5 heteroatoms. The number of ether oxygens (including phenoxy) is 1. The molecule has 1 heterocycles. The van der Waals surface area contributed by atoms with E-state index in [0.717, 1.165) is 12.1 Å². The van der Waals surface area contributed by atoms with E-state index in [-0.39, 0.29) is 18.3 Å². The van der Waals surface area contributed by atoms with Crippen molar-refractivity contribution in [3.05, 3.63) is 29.3 Å². The van der Waals surface area contributed by atoms with Gasteiger partial charge in [0.2, 0.25) is 5.91 Å². The minimum absolute atomic E-state index is 0. The number of amides is 1. The van der Waals surface area contributed by atoms with Gasteiger partial charge in [0.1, 0.15) is 0 Å². The fraction of sp³-hybridized carbons (Fsp3) is 0.562. The number of anilines is 1. The molecule has 0 saturated carbocycles. The molecule has 3 N–H and O–H groups in total. The Hall–Kier alpha value is -1.10. The molecule has 0 radical (unpaired) electrons. The lowest BCUT2D eigenvalue weighted by Crippen LogP contribution is -2.46. The molecule has 1 saturated heterocycles. The normalized spacial score (nSPS) is 16.9. The molecule has 0 bridgehead atoms. The Morgan fingerprint density at radius 3 is 2.62 bits per heavy atom. The molecule has 0 aliphatic carbocycles. The number of benzene rings is 1. The van der Waals surface area contributed by atoms with Crippen molar-refractivity contribution >= 4 is 24.0 Å². The average molecular weight is 313 g/mol. The Balaban J connectivity index is 0.00000220. The van der Waals surface area contributed by atoms with Gasteiger partial charge in [0.05, 0.1) is 5.41 Å². The summed E-state index contributed by atoms with van der Waals surface area (Å²) in [6.45, 7) is 5.80. The highest BCUT2D eigenvalue weighted by atomic mass is 35.5. The van der Waals surface area contributed by atoms with Crippen molar-refractivity contribution in [3.63, 3.8) is 0 Å². The van der Waals surface area contributed by atoms with Crippen LogP contribution in [0.5, 0.6) is 0 Å². The van der Waals surface area contributed by atoms with Gasteiger partial charge in [-0.1, -0.05) is 13.0 Å². The third-order valence-corrected chi connectivity index (χ3v) is 4.31. The first kappa shape index (κ1) is 18.0. The van der Waals surface area contributed by atoms with Crippen LogP contribution in [-0.2, 0) is 16.0 Å². The highest BCUT2D eigenvalue weighted by molar-refractivity contribution is 5.95. The van der Waals surface area contributed by atoms with Crippen LogP contribution in [0.1, 0.15) is 30.9 Å². The zero-order valence-electron chi connectivity index (χ0n) is 12.8. The minimum atomic E-state index is -0.477. The monoisotopic (exact) mass is 312 g/mol. The van der Waals surface area contributed by atoms with Crippen LogP contribution in [0, 0.1) is 12.3 Å². The summed E-state index contributed by atoms with van der Waals surface area (Å²) < 4.78 is 5.34. The van der Waals surface area contributed by atoms with Gasteiger partial charge in [-0.3, -0.25) is 4.79 Å². The molecular formula is C16H25ClN2O2. The molecule has 2 rings (SSSR count). The first-order chi connectivity index (χ1) is 9.61. The molecule has 1 aliphatic heterocycles. The molecule has 0 spiro atoms. The molecule has 1 amide bonds. The Morgan fingerprint density at radius 2 is 2.05 bits per heavy atom. The highest BCUT2D eigenvalue weighted by Gasteiger charge is 2.38. The molecule has 0 unspecified atom stereocenters. The van der Waals surface area contributed by atoms with Gasteiger partial charge >= 0.3 is 0 Å². The lowest BCUT2D eigenvalue weighted by Gasteiger charge is -2.34. The number of hydrogen-bond acceptors (Lipinski definition) is 3. The van der Waals surface area contributed by atoms with E-state index in [1.54, 1.807) is 0 Å². The number of rotatable bonds is 4. The summed E-state index contributed by atoms with van der Waals surface area (Å²) in [7, 11) is 0. The zero-order valence-corrected chi connectivity index (χ0v) is 13.6. The summed E-state index contributed by atoms with van der Waals surface area (Å²) in [6, 6.07) is 6.06. The standard InChI is InChI=1S/C16H24N2O2.ClH/c1-3-13-10-14(5-4-12(13)2)18-15(19)16(11-17)6-8-20-9-7-16;/h4-5,10H,3,6-9,11,17H2,1-2H3,(H,18,19);1H. The van der Waals surface area contributed by atoms with Crippen LogP contribution in [0.4, 0.5) is 5.69 Å². The van der Waals surface area contributed by atoms with Crippen molar-refractivity contribution < 1.29 is 9.53 Å². The van der Waals surface area contributed by atoms with Gasteiger partial charge in [0, 0.05) is 25.4 Å². The minimum Gasteiger partial charge on any atom is -0.381 e. The fourth-order valence-corrected chi connectivity index (χ4v) is 2.68. The third kappa shape index (κ3) is 3.96. The van der Waals surface area contributed by atoms with Crippen LogP contribution >= 0.6 is 12.4 Å². The first-order valence-electron chi connectivity index (χ1n) is 7.30. The van der Waals surface area contributed by atoms with E-state index in [1.807, 2.05) is 12.1 Å². The van der Waals surface area contributed by atoms with Crippen molar-refractivity contribution in [1.29, 1.82) is 0 Å². The zero-order chi connectivity index (χ0) is 14.6. The maximum atomic E-state index is 12.6. The van der Waals surface area contributed by atoms with E-state index in [0.29, 0.717) is 32.6 Å². The van der Waals surface area contributed by atoms with Crippen LogP contribution in [-0.4, -0.2) is 25.7 Å². The second kappa shape index (κ2) is 7.78. The summed E-state index contributed by atoms with van der Waals surface area (Å²) in [6.07, 6.45) is 2.36. The van der Waals surface area contributed by atoms with Crippen molar-refractivity contribution in [2.75, 3.05) is 25.1 Å². The Morgan fingerprint density at radius 1 is 1.38 bits per heavy atom. The third-order valence-electron chi connectivity index (χ3n) is 4.31. The molecule has 4 nitrogen and oxygen atoms in total. The van der Waals surface area contributed by atoms with E-state index in [1.165, 1.54) is 11.1 Å². The number of carbonyl (C=O) groups is 1. The van der Waals surface area contributed by atoms with Gasteiger partial charge in [-0.05, 0) is 49.4 Å². The van der Waals surface area contributed by atoms with Gasteiger partial charge in [-0.25, -0.2) is 0 Å². The van der Waals surface area contributed by atoms with Crippen LogP contribution in [0.15, 0.2) is 18.2 Å². The second-order valence-corrected chi connectivity index (χ2v) is 5.55. The molecule has 21 heavy (non-hydrogen) atoms. The number of carbonyl (C=O) groups excluding carboxylic acids is 1. The van der Waals surface area contributed by atoms with Crippen LogP contribution < -0.4 is 11.1 Å². The molecule has 0 atom stereocenters. The molecule has 0 aromatic heterocycles. The van der Waals surface area contributed by atoms with Gasteiger partial charge < -0.3 is 15.8 Å². The number of hydrogen-bond donors (Lipinski definition) is 2. The number of halogens is 1. The van der Waals surface area contributed by atoms with Crippen LogP contribution in [0.3, 0.4) is 0 Å². The number of aryl methyl sites for hydroxylation is 2. The topological polar surface area (TPSA) is 64.4 Å². The van der Waals surface area contributed by atoms with Crippen molar-refractivity contribution in [1.82, 2.24) is 0 Å². The highest BCUT2D eigenvalue weighted by Crippen LogP contribution is 2.31. The van der Waals surface area contributed by atoms with Crippen LogP contribution in [0.2, 0.25) is 0 Å². The van der Waals surface area contributed by atoms with E-state index < -0.39 is 5.41 Å². The molecule has 118 valence electrons. The molecular weight excluding hydrogens is 288 g/mol. The fourth-order valence-electron chi connectivity index (χ4n) is 2.68. The van der Waals surface area contributed by atoms with Crippen LogP contribution in [0.25, 0.3) is 0 Å². The van der Waals surface area contributed by atoms with Gasteiger partial charge in [-0.2, -0.15) is 0 Å². The lowest BCUT2D eigenvalue weighted by molar-refractivity contribution is -0.130. The van der Waals surface area contributed by atoms with Gasteiger partial charge in [0.15, 0.2) is 0 Å². The van der Waals surface area contributed by atoms with E-state index in [2.05, 4.69) is 25.2 Å². The van der Waals surface area contributed by atoms with Crippen molar-refractivity contribution in [3.8, 4) is 0 Å². The second-order valence-electron chi connectivity index (χ2n) is 5.55. The van der Waals surface area contributed by atoms with E-state index >= 15 is 0 Å². The largest absolute Gasteiger partial charge is 0.381 e. The Labute approximate surface area is 132 Å².